The molecule has 0 aliphatic heterocycles. The molecule has 0 aromatic carbocycles. The van der Waals surface area contributed by atoms with Gasteiger partial charge in [-0.1, -0.05) is 53.4 Å². The summed E-state index contributed by atoms with van der Waals surface area (Å²) in [5, 5.41) is 0. The number of rotatable bonds is 5. The summed E-state index contributed by atoms with van der Waals surface area (Å²) >= 11 is 0. The molecule has 0 heterocycles. The van der Waals surface area contributed by atoms with Crippen LogP contribution in [0.3, 0.4) is 0 Å². The van der Waals surface area contributed by atoms with Crippen LogP contribution in [0.1, 0.15) is 72.6 Å². The number of hydrogen-bond donors (Lipinski definition) is 1. The summed E-state index contributed by atoms with van der Waals surface area (Å²) < 4.78 is 0. The average molecular weight is 225 g/mol. The first-order valence-corrected chi connectivity index (χ1v) is 7.19. The molecule has 1 rings (SSSR count). The van der Waals surface area contributed by atoms with Gasteiger partial charge in [-0.2, -0.15) is 0 Å². The Morgan fingerprint density at radius 1 is 1.19 bits per heavy atom. The van der Waals surface area contributed by atoms with Crippen molar-refractivity contribution in [3.8, 4) is 0 Å². The molecule has 0 amide bonds. The maximum Gasteiger partial charge on any atom is 0.00722 e. The van der Waals surface area contributed by atoms with Crippen molar-refractivity contribution in [2.75, 3.05) is 0 Å². The molecule has 1 fully saturated rings. The van der Waals surface area contributed by atoms with Crippen LogP contribution in [0.4, 0.5) is 0 Å². The minimum Gasteiger partial charge on any atom is -0.327 e. The zero-order valence-electron chi connectivity index (χ0n) is 11.8. The molecule has 1 aliphatic rings. The second-order valence-corrected chi connectivity index (χ2v) is 6.83. The van der Waals surface area contributed by atoms with Gasteiger partial charge in [0.15, 0.2) is 0 Å². The largest absolute Gasteiger partial charge is 0.327 e. The van der Waals surface area contributed by atoms with E-state index in [-0.39, 0.29) is 0 Å². The second-order valence-electron chi connectivity index (χ2n) is 6.83. The molecule has 1 saturated carbocycles. The zero-order chi connectivity index (χ0) is 12.2. The molecule has 0 aromatic heterocycles. The van der Waals surface area contributed by atoms with Crippen LogP contribution >= 0.6 is 0 Å². The van der Waals surface area contributed by atoms with E-state index in [4.69, 9.17) is 5.73 Å². The van der Waals surface area contributed by atoms with Gasteiger partial charge in [-0.25, -0.2) is 0 Å². The molecular formula is C15H31N. The Balaban J connectivity index is 2.36. The summed E-state index contributed by atoms with van der Waals surface area (Å²) in [7, 11) is 0. The van der Waals surface area contributed by atoms with Gasteiger partial charge in [-0.05, 0) is 36.5 Å². The van der Waals surface area contributed by atoms with Gasteiger partial charge in [-0.15, -0.1) is 0 Å². The van der Waals surface area contributed by atoms with Crippen LogP contribution in [0, 0.1) is 17.3 Å². The summed E-state index contributed by atoms with van der Waals surface area (Å²) in [6, 6.07) is 0.439. The third kappa shape index (κ3) is 4.08. The van der Waals surface area contributed by atoms with Crippen LogP contribution in [0.15, 0.2) is 0 Å². The monoisotopic (exact) mass is 225 g/mol. The highest BCUT2D eigenvalue weighted by Gasteiger charge is 2.35. The summed E-state index contributed by atoms with van der Waals surface area (Å²) in [4.78, 5) is 0. The van der Waals surface area contributed by atoms with Crippen molar-refractivity contribution in [2.24, 2.45) is 23.0 Å². The lowest BCUT2D eigenvalue weighted by molar-refractivity contribution is 0.108. The Kier molecular flexibility index (Phi) is 5.30. The van der Waals surface area contributed by atoms with E-state index < -0.39 is 0 Å². The molecule has 2 N–H and O–H groups in total. The van der Waals surface area contributed by atoms with Gasteiger partial charge in [0.1, 0.15) is 0 Å². The lowest BCUT2D eigenvalue weighted by atomic mass is 9.65. The average Bonchev–Trinajstić information content (AvgIpc) is 2.16. The summed E-state index contributed by atoms with van der Waals surface area (Å²) in [6.07, 6.45) is 9.40. The molecule has 1 nitrogen and oxygen atoms in total. The molecule has 2 atom stereocenters. The number of nitrogens with two attached hydrogens (primary N) is 1. The zero-order valence-corrected chi connectivity index (χ0v) is 11.8. The van der Waals surface area contributed by atoms with Gasteiger partial charge in [0.05, 0.1) is 0 Å². The first-order valence-electron chi connectivity index (χ1n) is 7.19. The SMILES string of the molecule is CC(C)CCCC(N)C1CCCCC1(C)C. The maximum absolute atomic E-state index is 6.41. The van der Waals surface area contributed by atoms with Gasteiger partial charge in [-0.3, -0.25) is 0 Å². The second kappa shape index (κ2) is 6.05. The fourth-order valence-corrected chi connectivity index (χ4v) is 3.28. The van der Waals surface area contributed by atoms with Gasteiger partial charge in [0, 0.05) is 6.04 Å². The van der Waals surface area contributed by atoms with Crippen molar-refractivity contribution >= 4 is 0 Å². The molecular weight excluding hydrogens is 194 g/mol. The minimum absolute atomic E-state index is 0.439. The van der Waals surface area contributed by atoms with Gasteiger partial charge in [0.25, 0.3) is 0 Å². The van der Waals surface area contributed by atoms with Crippen LogP contribution < -0.4 is 5.73 Å². The highest BCUT2D eigenvalue weighted by Crippen LogP contribution is 2.42. The van der Waals surface area contributed by atoms with Crippen LogP contribution in [-0.4, -0.2) is 6.04 Å². The Labute approximate surface area is 102 Å². The summed E-state index contributed by atoms with van der Waals surface area (Å²) in [5.74, 6) is 1.58. The van der Waals surface area contributed by atoms with Crippen molar-refractivity contribution < 1.29 is 0 Å². The summed E-state index contributed by atoms with van der Waals surface area (Å²) in [5.41, 5.74) is 6.89. The van der Waals surface area contributed by atoms with Crippen LogP contribution in [0.5, 0.6) is 0 Å². The van der Waals surface area contributed by atoms with Crippen molar-refractivity contribution in [3.05, 3.63) is 0 Å². The molecule has 0 spiro atoms. The lowest BCUT2D eigenvalue weighted by Crippen LogP contribution is -2.41. The van der Waals surface area contributed by atoms with Gasteiger partial charge >= 0.3 is 0 Å². The Morgan fingerprint density at radius 3 is 2.44 bits per heavy atom. The maximum atomic E-state index is 6.41. The molecule has 0 radical (unpaired) electrons. The predicted molar refractivity (Wildman–Crippen MR) is 72.4 cm³/mol. The number of hydrogen-bond acceptors (Lipinski definition) is 1. The van der Waals surface area contributed by atoms with E-state index in [2.05, 4.69) is 27.7 Å². The van der Waals surface area contributed by atoms with Gasteiger partial charge < -0.3 is 5.73 Å². The van der Waals surface area contributed by atoms with Crippen LogP contribution in [0.2, 0.25) is 0 Å². The van der Waals surface area contributed by atoms with Crippen LogP contribution in [0.25, 0.3) is 0 Å². The van der Waals surface area contributed by atoms with E-state index in [0.29, 0.717) is 11.5 Å². The van der Waals surface area contributed by atoms with Crippen molar-refractivity contribution in [1.82, 2.24) is 0 Å². The van der Waals surface area contributed by atoms with E-state index in [0.717, 1.165) is 11.8 Å². The normalized spacial score (nSPS) is 27.0. The topological polar surface area (TPSA) is 26.0 Å². The van der Waals surface area contributed by atoms with Crippen molar-refractivity contribution in [2.45, 2.75) is 78.7 Å². The molecule has 1 heteroatoms. The Hall–Kier alpha value is -0.0400. The van der Waals surface area contributed by atoms with E-state index in [1.54, 1.807) is 0 Å². The highest BCUT2D eigenvalue weighted by atomic mass is 14.7. The molecule has 96 valence electrons. The lowest BCUT2D eigenvalue weighted by Gasteiger charge is -2.42. The van der Waals surface area contributed by atoms with E-state index in [9.17, 15) is 0 Å². The predicted octanol–water partition coefficient (Wildman–Crippen LogP) is 4.36. The van der Waals surface area contributed by atoms with E-state index in [1.807, 2.05) is 0 Å². The molecule has 0 bridgehead atoms. The van der Waals surface area contributed by atoms with Crippen molar-refractivity contribution in [1.29, 1.82) is 0 Å². The fraction of sp³-hybridized carbons (Fsp3) is 1.00. The van der Waals surface area contributed by atoms with Crippen molar-refractivity contribution in [3.63, 3.8) is 0 Å². The third-order valence-corrected chi connectivity index (χ3v) is 4.43. The van der Waals surface area contributed by atoms with E-state index in [1.165, 1.54) is 44.9 Å². The smallest absolute Gasteiger partial charge is 0.00722 e. The molecule has 0 saturated heterocycles. The Bertz CT molecular complexity index is 196. The molecule has 0 aromatic rings. The molecule has 1 aliphatic carbocycles. The standard InChI is InChI=1S/C15H31N/c1-12(2)8-7-10-14(16)13-9-5-6-11-15(13,3)4/h12-14H,5-11,16H2,1-4H3. The van der Waals surface area contributed by atoms with E-state index >= 15 is 0 Å². The fourth-order valence-electron chi connectivity index (χ4n) is 3.28. The molecule has 16 heavy (non-hydrogen) atoms. The quantitative estimate of drug-likeness (QED) is 0.739. The summed E-state index contributed by atoms with van der Waals surface area (Å²) in [6.45, 7) is 9.43. The van der Waals surface area contributed by atoms with Crippen LogP contribution in [-0.2, 0) is 0 Å². The first kappa shape index (κ1) is 14.0. The van der Waals surface area contributed by atoms with Gasteiger partial charge in [0.2, 0.25) is 0 Å². The minimum atomic E-state index is 0.439. The highest BCUT2D eigenvalue weighted by molar-refractivity contribution is 4.88. The molecule has 2 unspecified atom stereocenters. The Morgan fingerprint density at radius 2 is 1.88 bits per heavy atom. The third-order valence-electron chi connectivity index (χ3n) is 4.43. The first-order chi connectivity index (χ1) is 7.43.